The zero-order valence-electron chi connectivity index (χ0n) is 11.3. The van der Waals surface area contributed by atoms with Gasteiger partial charge in [0.05, 0.1) is 0 Å². The van der Waals surface area contributed by atoms with E-state index in [0.717, 1.165) is 10.0 Å². The van der Waals surface area contributed by atoms with E-state index in [9.17, 15) is 4.79 Å². The number of halogens is 1. The number of rotatable bonds is 5. The van der Waals surface area contributed by atoms with Gasteiger partial charge in [0.15, 0.2) is 0 Å². The van der Waals surface area contributed by atoms with E-state index in [2.05, 4.69) is 40.3 Å². The quantitative estimate of drug-likeness (QED) is 0.881. The largest absolute Gasteiger partial charge is 0.366 e. The molecule has 0 aromatic heterocycles. The summed E-state index contributed by atoms with van der Waals surface area (Å²) < 4.78 is 1.06. The summed E-state index contributed by atoms with van der Waals surface area (Å²) >= 11 is 3.47. The van der Waals surface area contributed by atoms with Crippen molar-refractivity contribution in [3.8, 4) is 0 Å². The van der Waals surface area contributed by atoms with Gasteiger partial charge in [-0.1, -0.05) is 46.3 Å². The maximum atomic E-state index is 11.4. The van der Waals surface area contributed by atoms with Crippen LogP contribution in [0.4, 0.5) is 0 Å². The molecule has 0 unspecified atom stereocenters. The second kappa shape index (κ2) is 6.68. The highest BCUT2D eigenvalue weighted by atomic mass is 79.9. The van der Waals surface area contributed by atoms with E-state index in [-0.39, 0.29) is 6.04 Å². The summed E-state index contributed by atoms with van der Waals surface area (Å²) in [6, 6.07) is 15.7. The number of nitrogens with two attached hydrogens (primary N) is 1. The van der Waals surface area contributed by atoms with Crippen molar-refractivity contribution < 1.29 is 4.79 Å². The van der Waals surface area contributed by atoms with Gasteiger partial charge in [-0.2, -0.15) is 0 Å². The Kier molecular flexibility index (Phi) is 4.93. The minimum atomic E-state index is -0.391. The maximum absolute atomic E-state index is 11.4. The number of carbonyl (C=O) groups is 1. The van der Waals surface area contributed by atoms with Gasteiger partial charge < -0.3 is 11.1 Å². The predicted octanol–water partition coefficient (Wildman–Crippen LogP) is 3.40. The lowest BCUT2D eigenvalue weighted by Crippen LogP contribution is -2.21. The van der Waals surface area contributed by atoms with Crippen LogP contribution in [0.1, 0.15) is 34.5 Å². The second-order valence-corrected chi connectivity index (χ2v) is 5.59. The molecule has 0 fully saturated rings. The van der Waals surface area contributed by atoms with Crippen LogP contribution >= 0.6 is 15.9 Å². The van der Waals surface area contributed by atoms with Gasteiger partial charge in [0.25, 0.3) is 0 Å². The van der Waals surface area contributed by atoms with Gasteiger partial charge in [0.2, 0.25) is 5.91 Å². The Bertz CT molecular complexity index is 613. The molecule has 0 bridgehead atoms. The van der Waals surface area contributed by atoms with E-state index in [4.69, 9.17) is 5.73 Å². The van der Waals surface area contributed by atoms with Gasteiger partial charge in [-0.25, -0.2) is 0 Å². The average molecular weight is 333 g/mol. The number of hydrogen-bond acceptors (Lipinski definition) is 2. The first-order chi connectivity index (χ1) is 9.58. The topological polar surface area (TPSA) is 55.1 Å². The molecule has 2 aromatic carbocycles. The average Bonchev–Trinajstić information content (AvgIpc) is 2.45. The highest BCUT2D eigenvalue weighted by Crippen LogP contribution is 2.18. The van der Waals surface area contributed by atoms with Crippen LogP contribution in [-0.4, -0.2) is 5.91 Å². The third kappa shape index (κ3) is 3.68. The van der Waals surface area contributed by atoms with Crippen LogP contribution < -0.4 is 11.1 Å². The molecule has 1 atom stereocenters. The first kappa shape index (κ1) is 14.8. The first-order valence-corrected chi connectivity index (χ1v) is 7.24. The van der Waals surface area contributed by atoms with Crippen molar-refractivity contribution in [3.05, 3.63) is 69.7 Å². The van der Waals surface area contributed by atoms with Crippen LogP contribution in [0, 0.1) is 0 Å². The van der Waals surface area contributed by atoms with Gasteiger partial charge in [-0.05, 0) is 36.2 Å². The molecular weight excluding hydrogens is 316 g/mol. The molecule has 0 heterocycles. The van der Waals surface area contributed by atoms with Crippen molar-refractivity contribution in [2.24, 2.45) is 5.73 Å². The van der Waals surface area contributed by atoms with Crippen molar-refractivity contribution in [3.63, 3.8) is 0 Å². The van der Waals surface area contributed by atoms with Crippen molar-refractivity contribution in [2.45, 2.75) is 19.5 Å². The highest BCUT2D eigenvalue weighted by Gasteiger charge is 2.09. The molecule has 0 aliphatic rings. The van der Waals surface area contributed by atoms with Crippen molar-refractivity contribution in [2.75, 3.05) is 0 Å². The van der Waals surface area contributed by atoms with E-state index < -0.39 is 5.91 Å². The maximum Gasteiger partial charge on any atom is 0.249 e. The van der Waals surface area contributed by atoms with E-state index >= 15 is 0 Å². The fraction of sp³-hybridized carbons (Fsp3) is 0.188. The van der Waals surface area contributed by atoms with Crippen molar-refractivity contribution in [1.82, 2.24) is 5.32 Å². The number of nitrogens with one attached hydrogen (secondary N) is 1. The molecule has 3 N–H and O–H groups in total. The van der Waals surface area contributed by atoms with Crippen molar-refractivity contribution in [1.29, 1.82) is 0 Å². The van der Waals surface area contributed by atoms with Gasteiger partial charge in [-0.3, -0.25) is 4.79 Å². The van der Waals surface area contributed by atoms with E-state index in [1.54, 1.807) is 6.07 Å². The summed E-state index contributed by atoms with van der Waals surface area (Å²) in [6.45, 7) is 2.70. The third-order valence-corrected chi connectivity index (χ3v) is 3.72. The van der Waals surface area contributed by atoms with E-state index in [1.165, 1.54) is 5.56 Å². The summed E-state index contributed by atoms with van der Waals surface area (Å²) in [4.78, 5) is 11.4. The third-order valence-electron chi connectivity index (χ3n) is 3.23. The number of benzene rings is 2. The molecule has 0 aliphatic heterocycles. The number of amides is 1. The zero-order valence-corrected chi connectivity index (χ0v) is 12.9. The van der Waals surface area contributed by atoms with Crippen LogP contribution in [0.5, 0.6) is 0 Å². The van der Waals surface area contributed by atoms with Gasteiger partial charge >= 0.3 is 0 Å². The summed E-state index contributed by atoms with van der Waals surface area (Å²) in [6.07, 6.45) is 0. The van der Waals surface area contributed by atoms with Gasteiger partial charge in [0.1, 0.15) is 0 Å². The lowest BCUT2D eigenvalue weighted by Gasteiger charge is -2.15. The fourth-order valence-corrected chi connectivity index (χ4v) is 2.49. The van der Waals surface area contributed by atoms with Crippen LogP contribution in [-0.2, 0) is 6.54 Å². The molecule has 1 amide bonds. The lowest BCUT2D eigenvalue weighted by atomic mass is 10.1. The minimum absolute atomic E-state index is 0.188. The van der Waals surface area contributed by atoms with E-state index in [1.807, 2.05) is 30.3 Å². The Balaban J connectivity index is 2.07. The van der Waals surface area contributed by atoms with E-state index in [0.29, 0.717) is 12.1 Å². The van der Waals surface area contributed by atoms with Crippen LogP contribution in [0.15, 0.2) is 53.0 Å². The molecule has 0 saturated carbocycles. The molecule has 3 nitrogen and oxygen atoms in total. The Morgan fingerprint density at radius 1 is 1.25 bits per heavy atom. The lowest BCUT2D eigenvalue weighted by molar-refractivity contribution is 0.0999. The molecule has 0 aliphatic carbocycles. The Morgan fingerprint density at radius 2 is 2.00 bits per heavy atom. The molecular formula is C16H17BrN2O. The number of hydrogen-bond donors (Lipinski definition) is 2. The molecule has 0 saturated heterocycles. The molecule has 20 heavy (non-hydrogen) atoms. The minimum Gasteiger partial charge on any atom is -0.366 e. The second-order valence-electron chi connectivity index (χ2n) is 4.68. The zero-order chi connectivity index (χ0) is 14.5. The SMILES string of the molecule is C[C@H](NCc1ccccc1C(N)=O)c1cccc(Br)c1. The number of carbonyl (C=O) groups excluding carboxylic acids is 1. The Labute approximate surface area is 127 Å². The first-order valence-electron chi connectivity index (χ1n) is 6.44. The number of primary amides is 1. The normalized spacial score (nSPS) is 12.1. The van der Waals surface area contributed by atoms with Gasteiger partial charge in [-0.15, -0.1) is 0 Å². The molecule has 0 radical (unpaired) electrons. The van der Waals surface area contributed by atoms with Crippen LogP contribution in [0.2, 0.25) is 0 Å². The monoisotopic (exact) mass is 332 g/mol. The summed E-state index contributed by atoms with van der Waals surface area (Å²) in [7, 11) is 0. The standard InChI is InChI=1S/C16H17BrN2O/c1-11(12-6-4-7-14(17)9-12)19-10-13-5-2-3-8-15(13)16(18)20/h2-9,11,19H,10H2,1H3,(H2,18,20)/t11-/m0/s1. The smallest absolute Gasteiger partial charge is 0.249 e. The van der Waals surface area contributed by atoms with Crippen molar-refractivity contribution >= 4 is 21.8 Å². The van der Waals surface area contributed by atoms with Crippen LogP contribution in [0.3, 0.4) is 0 Å². The van der Waals surface area contributed by atoms with Gasteiger partial charge in [0, 0.05) is 22.6 Å². The molecule has 2 aromatic rings. The molecule has 0 spiro atoms. The fourth-order valence-electron chi connectivity index (χ4n) is 2.07. The highest BCUT2D eigenvalue weighted by molar-refractivity contribution is 9.10. The molecule has 104 valence electrons. The summed E-state index contributed by atoms with van der Waals surface area (Å²) in [5.74, 6) is -0.391. The Morgan fingerprint density at radius 3 is 2.70 bits per heavy atom. The summed E-state index contributed by atoms with van der Waals surface area (Å²) in [5.41, 5.74) is 8.06. The summed E-state index contributed by atoms with van der Waals surface area (Å²) in [5, 5.41) is 3.41. The van der Waals surface area contributed by atoms with Crippen LogP contribution in [0.25, 0.3) is 0 Å². The molecule has 2 rings (SSSR count). The molecule has 4 heteroatoms. The Hall–Kier alpha value is -1.65. The predicted molar refractivity (Wildman–Crippen MR) is 84.4 cm³/mol.